The molecule has 0 aromatic rings. The van der Waals surface area contributed by atoms with Crippen molar-refractivity contribution in [1.82, 2.24) is 5.32 Å². The molecule has 4 nitrogen and oxygen atoms in total. The molecule has 2 atom stereocenters. The van der Waals surface area contributed by atoms with Crippen molar-refractivity contribution in [2.45, 2.75) is 97.1 Å². The van der Waals surface area contributed by atoms with Gasteiger partial charge in [0.05, 0.1) is 0 Å². The Bertz CT molecular complexity index is 309. The number of hydrogen-bond acceptors (Lipinski definition) is 4. The quantitative estimate of drug-likeness (QED) is 0.350. The van der Waals surface area contributed by atoms with Crippen LogP contribution in [0.25, 0.3) is 0 Å². The highest BCUT2D eigenvalue weighted by molar-refractivity contribution is 6.75. The zero-order valence-corrected chi connectivity index (χ0v) is 20.0. The normalized spacial score (nSPS) is 16.0. The molecule has 1 N–H and O–H groups in total. The standard InChI is InChI=1S/C18H43NO3Si2/c1-9-16(23-18(8,20-11-3)21-12-4)19-17(10-2)24(14-6,15-7)22-13-5/h16-17,19H,9-15,23H2,1-8H3. The van der Waals surface area contributed by atoms with Gasteiger partial charge >= 0.3 is 0 Å². The minimum absolute atomic E-state index is 0.371. The predicted molar refractivity (Wildman–Crippen MR) is 110 cm³/mol. The fraction of sp³-hybridized carbons (Fsp3) is 1.00. The molecular weight excluding hydrogens is 334 g/mol. The first-order valence-corrected chi connectivity index (χ1v) is 14.0. The van der Waals surface area contributed by atoms with Crippen molar-refractivity contribution in [2.24, 2.45) is 0 Å². The van der Waals surface area contributed by atoms with Crippen LogP contribution in [0.1, 0.15) is 68.2 Å². The Morgan fingerprint density at radius 3 is 1.75 bits per heavy atom. The fourth-order valence-corrected chi connectivity index (χ4v) is 10.2. The van der Waals surface area contributed by atoms with Crippen LogP contribution < -0.4 is 5.32 Å². The van der Waals surface area contributed by atoms with Crippen LogP contribution in [0.15, 0.2) is 0 Å². The number of ether oxygens (including phenoxy) is 2. The molecule has 2 unspecified atom stereocenters. The molecule has 0 saturated heterocycles. The van der Waals surface area contributed by atoms with E-state index in [0.29, 0.717) is 24.5 Å². The van der Waals surface area contributed by atoms with E-state index in [-0.39, 0.29) is 5.41 Å². The molecule has 6 heteroatoms. The first kappa shape index (κ1) is 24.3. The zero-order valence-electron chi connectivity index (χ0n) is 17.5. The van der Waals surface area contributed by atoms with Gasteiger partial charge in [0.2, 0.25) is 8.32 Å². The van der Waals surface area contributed by atoms with Gasteiger partial charge in [0, 0.05) is 25.5 Å². The maximum absolute atomic E-state index is 6.38. The lowest BCUT2D eigenvalue weighted by Gasteiger charge is -2.40. The summed E-state index contributed by atoms with van der Waals surface area (Å²) in [6.07, 6.45) is 2.27. The lowest BCUT2D eigenvalue weighted by Crippen LogP contribution is -2.61. The van der Waals surface area contributed by atoms with Crippen molar-refractivity contribution in [2.75, 3.05) is 19.8 Å². The Kier molecular flexibility index (Phi) is 12.7. The molecule has 0 radical (unpaired) electrons. The van der Waals surface area contributed by atoms with Crippen LogP contribution in [0, 0.1) is 0 Å². The third kappa shape index (κ3) is 7.26. The molecule has 0 saturated carbocycles. The third-order valence-electron chi connectivity index (χ3n) is 5.12. The highest BCUT2D eigenvalue weighted by atomic mass is 28.4. The Hall–Kier alpha value is 0.274. The van der Waals surface area contributed by atoms with Crippen molar-refractivity contribution in [3.63, 3.8) is 0 Å². The third-order valence-corrected chi connectivity index (χ3v) is 12.7. The summed E-state index contributed by atoms with van der Waals surface area (Å²) in [6, 6.07) is 2.35. The van der Waals surface area contributed by atoms with Gasteiger partial charge in [0.15, 0.2) is 0 Å². The molecule has 0 spiro atoms. The van der Waals surface area contributed by atoms with Crippen LogP contribution in [-0.2, 0) is 13.9 Å². The van der Waals surface area contributed by atoms with Crippen LogP contribution in [0.3, 0.4) is 0 Å². The van der Waals surface area contributed by atoms with E-state index in [0.717, 1.165) is 19.4 Å². The summed E-state index contributed by atoms with van der Waals surface area (Å²) in [6.45, 7) is 19.8. The summed E-state index contributed by atoms with van der Waals surface area (Å²) in [5, 5.41) is 3.99. The second-order valence-electron chi connectivity index (χ2n) is 6.64. The van der Waals surface area contributed by atoms with Gasteiger partial charge in [-0.2, -0.15) is 0 Å². The van der Waals surface area contributed by atoms with Crippen molar-refractivity contribution < 1.29 is 13.9 Å². The van der Waals surface area contributed by atoms with Crippen LogP contribution in [0.2, 0.25) is 12.1 Å². The predicted octanol–water partition coefficient (Wildman–Crippen LogP) is 3.57. The molecular formula is C18H43NO3Si2. The molecule has 146 valence electrons. The molecule has 0 aromatic carbocycles. The number of rotatable bonds is 15. The minimum Gasteiger partial charge on any atom is -0.416 e. The second-order valence-corrected chi connectivity index (χ2v) is 13.8. The van der Waals surface area contributed by atoms with Gasteiger partial charge in [-0.1, -0.05) is 27.7 Å². The van der Waals surface area contributed by atoms with E-state index in [2.05, 4.69) is 60.7 Å². The lowest BCUT2D eigenvalue weighted by molar-refractivity contribution is -0.163. The Balaban J connectivity index is 5.15. The Labute approximate surface area is 154 Å². The van der Waals surface area contributed by atoms with E-state index in [1.807, 2.05) is 0 Å². The summed E-state index contributed by atoms with van der Waals surface area (Å²) in [5.74, 6) is 0. The number of hydrogen-bond donors (Lipinski definition) is 1. The summed E-state index contributed by atoms with van der Waals surface area (Å²) in [4.78, 5) is 0. The van der Waals surface area contributed by atoms with Crippen molar-refractivity contribution >= 4 is 17.8 Å². The molecule has 0 aliphatic rings. The Morgan fingerprint density at radius 2 is 1.42 bits per heavy atom. The largest absolute Gasteiger partial charge is 0.416 e. The molecule has 0 bridgehead atoms. The van der Waals surface area contributed by atoms with Crippen molar-refractivity contribution in [1.29, 1.82) is 0 Å². The van der Waals surface area contributed by atoms with E-state index in [1.54, 1.807) is 0 Å². The molecule has 0 amide bonds. The maximum atomic E-state index is 6.38. The lowest BCUT2D eigenvalue weighted by atomic mass is 10.4. The smallest absolute Gasteiger partial charge is 0.208 e. The van der Waals surface area contributed by atoms with Gasteiger partial charge < -0.3 is 19.2 Å². The monoisotopic (exact) mass is 377 g/mol. The van der Waals surface area contributed by atoms with E-state index < -0.39 is 17.8 Å². The van der Waals surface area contributed by atoms with Crippen LogP contribution in [0.5, 0.6) is 0 Å². The molecule has 0 fully saturated rings. The van der Waals surface area contributed by atoms with Crippen molar-refractivity contribution in [3.8, 4) is 0 Å². The average Bonchev–Trinajstić information content (AvgIpc) is 2.57. The van der Waals surface area contributed by atoms with Gasteiger partial charge in [-0.15, -0.1) is 0 Å². The van der Waals surface area contributed by atoms with Crippen LogP contribution in [0.4, 0.5) is 0 Å². The van der Waals surface area contributed by atoms with Gasteiger partial charge in [-0.25, -0.2) is 0 Å². The first-order valence-electron chi connectivity index (χ1n) is 10.1. The van der Waals surface area contributed by atoms with Gasteiger partial charge in [-0.05, 0) is 58.3 Å². The molecule has 0 rings (SSSR count). The van der Waals surface area contributed by atoms with Crippen molar-refractivity contribution in [3.05, 3.63) is 0 Å². The minimum atomic E-state index is -1.73. The topological polar surface area (TPSA) is 39.7 Å². The summed E-state index contributed by atoms with van der Waals surface area (Å²) in [5.41, 5.74) is 0.657. The second kappa shape index (κ2) is 12.6. The molecule has 0 aliphatic carbocycles. The fourth-order valence-electron chi connectivity index (χ4n) is 3.80. The average molecular weight is 378 g/mol. The van der Waals surface area contributed by atoms with Gasteiger partial charge in [0.25, 0.3) is 0 Å². The Morgan fingerprint density at radius 1 is 0.875 bits per heavy atom. The highest BCUT2D eigenvalue weighted by Gasteiger charge is 2.41. The molecule has 0 heterocycles. The SMILES string of the molecule is CCOC(C)(OCC)[SiH2]C(CC)NC(CC)[Si](CC)(CC)OCC. The van der Waals surface area contributed by atoms with Gasteiger partial charge in [0.1, 0.15) is 14.9 Å². The van der Waals surface area contributed by atoms with Crippen LogP contribution in [-0.4, -0.2) is 54.4 Å². The highest BCUT2D eigenvalue weighted by Crippen LogP contribution is 2.24. The van der Waals surface area contributed by atoms with Crippen LogP contribution >= 0.6 is 0 Å². The van der Waals surface area contributed by atoms with E-state index in [9.17, 15) is 0 Å². The van der Waals surface area contributed by atoms with E-state index >= 15 is 0 Å². The van der Waals surface area contributed by atoms with E-state index in [1.165, 1.54) is 12.1 Å². The summed E-state index contributed by atoms with van der Waals surface area (Å²) < 4.78 is 18.3. The molecule has 0 aliphatic heterocycles. The maximum Gasteiger partial charge on any atom is 0.208 e. The summed E-state index contributed by atoms with van der Waals surface area (Å²) >= 11 is 0. The molecule has 24 heavy (non-hydrogen) atoms. The first-order chi connectivity index (χ1) is 11.4. The van der Waals surface area contributed by atoms with E-state index in [4.69, 9.17) is 13.9 Å². The zero-order chi connectivity index (χ0) is 18.6. The molecule has 0 aromatic heterocycles. The number of nitrogens with one attached hydrogen (secondary N) is 1. The van der Waals surface area contributed by atoms with Gasteiger partial charge in [-0.3, -0.25) is 0 Å². The summed E-state index contributed by atoms with van der Waals surface area (Å²) in [7, 11) is -2.34.